The summed E-state index contributed by atoms with van der Waals surface area (Å²) in [5, 5.41) is 2.97. The molecule has 1 aliphatic heterocycles. The summed E-state index contributed by atoms with van der Waals surface area (Å²) < 4.78 is 38.5. The average molecular weight is 371 g/mol. The topological polar surface area (TPSA) is 69.7 Å². The molecule has 0 spiro atoms. The fraction of sp³-hybridized carbons (Fsp3) is 0.588. The lowest BCUT2D eigenvalue weighted by atomic mass is 10.1. The average Bonchev–Trinajstić information content (AvgIpc) is 2.60. The molecular weight excluding hydrogens is 345 g/mol. The van der Waals surface area contributed by atoms with E-state index in [2.05, 4.69) is 5.32 Å². The van der Waals surface area contributed by atoms with Gasteiger partial charge in [0, 0.05) is 32.2 Å². The first kappa shape index (κ1) is 19.7. The SMILES string of the molecule is CCN(Cc1cccc(F)c1)C(=O)NC1CCN(S(=O)(=O)CC)CC1. The van der Waals surface area contributed by atoms with Gasteiger partial charge in [-0.3, -0.25) is 0 Å². The third-order valence-electron chi connectivity index (χ3n) is 4.47. The minimum atomic E-state index is -3.16. The van der Waals surface area contributed by atoms with Gasteiger partial charge in [-0.25, -0.2) is 21.9 Å². The minimum absolute atomic E-state index is 0.0441. The van der Waals surface area contributed by atoms with Crippen molar-refractivity contribution in [3.63, 3.8) is 0 Å². The van der Waals surface area contributed by atoms with E-state index in [1.54, 1.807) is 24.0 Å². The highest BCUT2D eigenvalue weighted by atomic mass is 32.2. The van der Waals surface area contributed by atoms with E-state index >= 15 is 0 Å². The number of hydrogen-bond donors (Lipinski definition) is 1. The number of amides is 2. The number of hydrogen-bond acceptors (Lipinski definition) is 3. The maximum Gasteiger partial charge on any atom is 0.317 e. The number of piperidine rings is 1. The molecule has 2 amide bonds. The molecule has 1 N–H and O–H groups in total. The van der Waals surface area contributed by atoms with Crippen LogP contribution in [-0.2, 0) is 16.6 Å². The monoisotopic (exact) mass is 371 g/mol. The molecule has 0 atom stereocenters. The van der Waals surface area contributed by atoms with E-state index in [-0.39, 0.29) is 23.6 Å². The molecule has 1 aromatic carbocycles. The number of nitrogens with one attached hydrogen (secondary N) is 1. The summed E-state index contributed by atoms with van der Waals surface area (Å²) >= 11 is 0. The van der Waals surface area contributed by atoms with Crippen LogP contribution in [0.15, 0.2) is 24.3 Å². The van der Waals surface area contributed by atoms with E-state index in [9.17, 15) is 17.6 Å². The Bertz CT molecular complexity index is 688. The largest absolute Gasteiger partial charge is 0.335 e. The van der Waals surface area contributed by atoms with Gasteiger partial charge in [0.05, 0.1) is 5.75 Å². The molecule has 0 radical (unpaired) electrons. The first-order chi connectivity index (χ1) is 11.9. The van der Waals surface area contributed by atoms with Crippen LogP contribution in [0.2, 0.25) is 0 Å². The predicted molar refractivity (Wildman–Crippen MR) is 95.1 cm³/mol. The molecule has 1 aliphatic rings. The van der Waals surface area contributed by atoms with Gasteiger partial charge in [-0.1, -0.05) is 12.1 Å². The maximum atomic E-state index is 13.3. The van der Waals surface area contributed by atoms with Gasteiger partial charge in [0.15, 0.2) is 0 Å². The van der Waals surface area contributed by atoms with Gasteiger partial charge in [0.1, 0.15) is 5.82 Å². The fourth-order valence-electron chi connectivity index (χ4n) is 2.91. The minimum Gasteiger partial charge on any atom is -0.335 e. The lowest BCUT2D eigenvalue weighted by molar-refractivity contribution is 0.187. The summed E-state index contributed by atoms with van der Waals surface area (Å²) in [7, 11) is -3.16. The molecule has 2 rings (SSSR count). The second kappa shape index (κ2) is 8.62. The van der Waals surface area contributed by atoms with Crippen molar-refractivity contribution in [1.29, 1.82) is 0 Å². The number of carbonyl (C=O) groups is 1. The molecule has 0 bridgehead atoms. The smallest absolute Gasteiger partial charge is 0.317 e. The number of nitrogens with zero attached hydrogens (tertiary/aromatic N) is 2. The summed E-state index contributed by atoms with van der Waals surface area (Å²) in [6.07, 6.45) is 1.20. The third kappa shape index (κ3) is 5.40. The van der Waals surface area contributed by atoms with Gasteiger partial charge in [-0.2, -0.15) is 0 Å². The molecule has 8 heteroatoms. The van der Waals surface area contributed by atoms with E-state index in [4.69, 9.17) is 0 Å². The molecular formula is C17H26FN3O3S. The van der Waals surface area contributed by atoms with Crippen molar-refractivity contribution >= 4 is 16.1 Å². The first-order valence-corrected chi connectivity index (χ1v) is 10.2. The zero-order valence-corrected chi connectivity index (χ0v) is 15.6. The summed E-state index contributed by atoms with van der Waals surface area (Å²) in [5.74, 6) is -0.222. The van der Waals surface area contributed by atoms with E-state index < -0.39 is 10.0 Å². The zero-order chi connectivity index (χ0) is 18.4. The highest BCUT2D eigenvalue weighted by Gasteiger charge is 2.28. The van der Waals surface area contributed by atoms with E-state index in [0.717, 1.165) is 5.56 Å². The summed E-state index contributed by atoms with van der Waals surface area (Å²) in [6, 6.07) is 5.95. The quantitative estimate of drug-likeness (QED) is 0.833. The van der Waals surface area contributed by atoms with Crippen molar-refractivity contribution in [1.82, 2.24) is 14.5 Å². The summed E-state index contributed by atoms with van der Waals surface area (Å²) in [4.78, 5) is 14.1. The maximum absolute atomic E-state index is 13.3. The molecule has 1 heterocycles. The second-order valence-corrected chi connectivity index (χ2v) is 8.43. The third-order valence-corrected chi connectivity index (χ3v) is 6.35. The van der Waals surface area contributed by atoms with Gasteiger partial charge in [0.25, 0.3) is 0 Å². The van der Waals surface area contributed by atoms with E-state index in [1.165, 1.54) is 16.4 Å². The van der Waals surface area contributed by atoms with Gasteiger partial charge in [-0.15, -0.1) is 0 Å². The fourth-order valence-corrected chi connectivity index (χ4v) is 4.04. The Kier molecular flexibility index (Phi) is 6.78. The molecule has 1 saturated heterocycles. The second-order valence-electron chi connectivity index (χ2n) is 6.17. The molecule has 6 nitrogen and oxygen atoms in total. The molecule has 0 saturated carbocycles. The Labute approximate surface area is 149 Å². The standard InChI is InChI=1S/C17H26FN3O3S/c1-3-20(13-14-6-5-7-15(18)12-14)17(22)19-16-8-10-21(11-9-16)25(23,24)4-2/h5-7,12,16H,3-4,8-11,13H2,1-2H3,(H,19,22). The van der Waals surface area contributed by atoms with Crippen LogP contribution in [0, 0.1) is 5.82 Å². The molecule has 25 heavy (non-hydrogen) atoms. The number of carbonyl (C=O) groups excluding carboxylic acids is 1. The van der Waals surface area contributed by atoms with Gasteiger partial charge in [-0.05, 0) is 44.4 Å². The molecule has 0 unspecified atom stereocenters. The van der Waals surface area contributed by atoms with Crippen LogP contribution < -0.4 is 5.32 Å². The van der Waals surface area contributed by atoms with E-state index in [0.29, 0.717) is 39.0 Å². The van der Waals surface area contributed by atoms with Crippen LogP contribution in [0.4, 0.5) is 9.18 Å². The molecule has 1 fully saturated rings. The van der Waals surface area contributed by atoms with Gasteiger partial charge in [0.2, 0.25) is 10.0 Å². The van der Waals surface area contributed by atoms with Crippen LogP contribution >= 0.6 is 0 Å². The van der Waals surface area contributed by atoms with Crippen LogP contribution in [0.25, 0.3) is 0 Å². The molecule has 140 valence electrons. The number of rotatable bonds is 6. The van der Waals surface area contributed by atoms with Crippen molar-refractivity contribution in [2.75, 3.05) is 25.4 Å². The lowest BCUT2D eigenvalue weighted by Crippen LogP contribution is -2.50. The number of sulfonamides is 1. The first-order valence-electron chi connectivity index (χ1n) is 8.63. The Morgan fingerprint density at radius 3 is 2.56 bits per heavy atom. The number of urea groups is 1. The molecule has 0 aliphatic carbocycles. The molecule has 0 aromatic heterocycles. The Hall–Kier alpha value is -1.67. The van der Waals surface area contributed by atoms with Gasteiger partial charge >= 0.3 is 6.03 Å². The Morgan fingerprint density at radius 2 is 2.00 bits per heavy atom. The molecule has 1 aromatic rings. The van der Waals surface area contributed by atoms with Crippen molar-refractivity contribution in [3.05, 3.63) is 35.6 Å². The van der Waals surface area contributed by atoms with Crippen LogP contribution in [-0.4, -0.2) is 55.1 Å². The van der Waals surface area contributed by atoms with Crippen LogP contribution in [0.1, 0.15) is 32.3 Å². The lowest BCUT2D eigenvalue weighted by Gasteiger charge is -2.32. The van der Waals surface area contributed by atoms with Crippen molar-refractivity contribution in [2.45, 2.75) is 39.3 Å². The normalized spacial score (nSPS) is 16.6. The van der Waals surface area contributed by atoms with Crippen LogP contribution in [0.3, 0.4) is 0 Å². The Balaban J connectivity index is 1.88. The van der Waals surface area contributed by atoms with Crippen molar-refractivity contribution in [2.24, 2.45) is 0 Å². The predicted octanol–water partition coefficient (Wildman–Crippen LogP) is 2.17. The van der Waals surface area contributed by atoms with Gasteiger partial charge < -0.3 is 10.2 Å². The highest BCUT2D eigenvalue weighted by Crippen LogP contribution is 2.15. The van der Waals surface area contributed by atoms with Crippen LogP contribution in [0.5, 0.6) is 0 Å². The van der Waals surface area contributed by atoms with Crippen molar-refractivity contribution in [3.8, 4) is 0 Å². The number of halogens is 1. The number of benzene rings is 1. The highest BCUT2D eigenvalue weighted by molar-refractivity contribution is 7.89. The summed E-state index contributed by atoms with van der Waals surface area (Å²) in [6.45, 7) is 5.20. The Morgan fingerprint density at radius 1 is 1.32 bits per heavy atom. The van der Waals surface area contributed by atoms with E-state index in [1.807, 2.05) is 6.92 Å². The van der Waals surface area contributed by atoms with Crippen molar-refractivity contribution < 1.29 is 17.6 Å². The summed E-state index contributed by atoms with van der Waals surface area (Å²) in [5.41, 5.74) is 0.737. The zero-order valence-electron chi connectivity index (χ0n) is 14.7.